The van der Waals surface area contributed by atoms with E-state index in [0.717, 1.165) is 25.8 Å². The molecule has 1 aromatic heterocycles. The highest BCUT2D eigenvalue weighted by atomic mass is 19.4. The van der Waals surface area contributed by atoms with Crippen molar-refractivity contribution in [2.45, 2.75) is 38.4 Å². The van der Waals surface area contributed by atoms with E-state index >= 15 is 0 Å². The molecule has 0 spiro atoms. The van der Waals surface area contributed by atoms with Gasteiger partial charge in [0.05, 0.1) is 17.6 Å². The molecule has 0 saturated carbocycles. The molecular weight excluding hydrogens is 459 g/mol. The van der Waals surface area contributed by atoms with Crippen LogP contribution in [-0.2, 0) is 11.0 Å². The van der Waals surface area contributed by atoms with Gasteiger partial charge in [0.2, 0.25) is 11.7 Å². The first-order valence-electron chi connectivity index (χ1n) is 11.7. The summed E-state index contributed by atoms with van der Waals surface area (Å²) in [6, 6.07) is 13.8. The Balaban J connectivity index is 1.35. The number of aromatic nitrogens is 2. The van der Waals surface area contributed by atoms with Gasteiger partial charge in [0.25, 0.3) is 5.91 Å². The van der Waals surface area contributed by atoms with Gasteiger partial charge in [-0.3, -0.25) is 14.5 Å². The van der Waals surface area contributed by atoms with Gasteiger partial charge in [0, 0.05) is 30.4 Å². The Morgan fingerprint density at radius 1 is 1.14 bits per heavy atom. The number of carbonyl (C=O) groups excluding carboxylic acids is 2. The second-order valence-electron chi connectivity index (χ2n) is 8.72. The molecule has 186 valence electrons. The third-order valence-electron chi connectivity index (χ3n) is 6.18. The van der Waals surface area contributed by atoms with Crippen LogP contribution in [0.4, 0.5) is 18.9 Å². The van der Waals surface area contributed by atoms with E-state index in [-0.39, 0.29) is 35.4 Å². The van der Waals surface area contributed by atoms with Gasteiger partial charge in [-0.15, -0.1) is 0 Å². The number of nitrogens with zero attached hydrogens (tertiary/aromatic N) is 3. The minimum atomic E-state index is -4.57. The van der Waals surface area contributed by atoms with Crippen molar-refractivity contribution in [3.8, 4) is 0 Å². The summed E-state index contributed by atoms with van der Waals surface area (Å²) in [5.74, 6) is -1.29. The number of hydrogen-bond donors (Lipinski definition) is 2. The highest BCUT2D eigenvalue weighted by molar-refractivity contribution is 5.95. The number of carbonyl (C=O) groups is 2. The fraction of sp³-hybridized carbons (Fsp3) is 0.400. The van der Waals surface area contributed by atoms with Crippen molar-refractivity contribution in [1.82, 2.24) is 19.8 Å². The summed E-state index contributed by atoms with van der Waals surface area (Å²) in [6.45, 7) is 4.19. The van der Waals surface area contributed by atoms with Crippen LogP contribution in [0, 0.1) is 0 Å². The summed E-state index contributed by atoms with van der Waals surface area (Å²) in [7, 11) is 0. The molecule has 0 unspecified atom stereocenters. The van der Waals surface area contributed by atoms with Crippen molar-refractivity contribution in [3.63, 3.8) is 0 Å². The van der Waals surface area contributed by atoms with Crippen LogP contribution in [0.2, 0.25) is 0 Å². The number of aromatic amines is 1. The van der Waals surface area contributed by atoms with Gasteiger partial charge >= 0.3 is 6.18 Å². The summed E-state index contributed by atoms with van der Waals surface area (Å²) in [5, 5.41) is 2.78. The number of halogens is 3. The molecule has 1 fully saturated rings. The lowest BCUT2D eigenvalue weighted by molar-refractivity contribution is -0.144. The van der Waals surface area contributed by atoms with E-state index in [1.165, 1.54) is 12.1 Å². The van der Waals surface area contributed by atoms with Gasteiger partial charge < -0.3 is 15.2 Å². The first-order valence-corrected chi connectivity index (χ1v) is 11.7. The van der Waals surface area contributed by atoms with Gasteiger partial charge in [-0.1, -0.05) is 25.1 Å². The zero-order chi connectivity index (χ0) is 25.0. The lowest BCUT2D eigenvalue weighted by Crippen LogP contribution is -2.49. The quantitative estimate of drug-likeness (QED) is 0.513. The lowest BCUT2D eigenvalue weighted by Gasteiger charge is -2.38. The Bertz CT molecular complexity index is 1170. The van der Waals surface area contributed by atoms with Crippen molar-refractivity contribution < 1.29 is 22.8 Å². The summed E-state index contributed by atoms with van der Waals surface area (Å²) < 4.78 is 38.7. The molecule has 0 bridgehead atoms. The van der Waals surface area contributed by atoms with Gasteiger partial charge in [0.1, 0.15) is 0 Å². The van der Waals surface area contributed by atoms with Crippen molar-refractivity contribution in [3.05, 3.63) is 59.9 Å². The highest BCUT2D eigenvalue weighted by Gasteiger charge is 2.34. The summed E-state index contributed by atoms with van der Waals surface area (Å²) in [4.78, 5) is 35.3. The number of likely N-dealkylation sites (tertiary alicyclic amines) is 1. The van der Waals surface area contributed by atoms with Crippen molar-refractivity contribution in [2.24, 2.45) is 0 Å². The molecule has 35 heavy (non-hydrogen) atoms. The number of alkyl halides is 3. The Hall–Kier alpha value is -3.40. The Kier molecular flexibility index (Phi) is 7.39. The Labute approximate surface area is 201 Å². The number of imidazole rings is 1. The van der Waals surface area contributed by atoms with Gasteiger partial charge in [-0.25, -0.2) is 4.98 Å². The van der Waals surface area contributed by atoms with Crippen LogP contribution in [0.5, 0.6) is 0 Å². The third-order valence-corrected chi connectivity index (χ3v) is 6.18. The van der Waals surface area contributed by atoms with Gasteiger partial charge in [0.15, 0.2) is 0 Å². The molecule has 1 aliphatic heterocycles. The zero-order valence-electron chi connectivity index (χ0n) is 19.4. The fourth-order valence-corrected chi connectivity index (χ4v) is 4.48. The normalized spacial score (nSPS) is 15.1. The predicted octanol–water partition coefficient (Wildman–Crippen LogP) is 4.54. The zero-order valence-corrected chi connectivity index (χ0v) is 19.4. The highest BCUT2D eigenvalue weighted by Crippen LogP contribution is 2.29. The molecule has 2 N–H and O–H groups in total. The van der Waals surface area contributed by atoms with Crippen LogP contribution in [0.1, 0.15) is 42.4 Å². The molecule has 2 amide bonds. The molecule has 4 rings (SSSR count). The molecule has 0 radical (unpaired) electrons. The number of rotatable bonds is 7. The maximum absolute atomic E-state index is 12.9. The van der Waals surface area contributed by atoms with Crippen LogP contribution >= 0.6 is 0 Å². The minimum absolute atomic E-state index is 0.0201. The second-order valence-corrected chi connectivity index (χ2v) is 8.72. The smallest absolute Gasteiger partial charge is 0.339 e. The molecule has 1 saturated heterocycles. The minimum Gasteiger partial charge on any atom is -0.339 e. The largest absolute Gasteiger partial charge is 0.449 e. The number of piperidine rings is 1. The number of hydrogen-bond acceptors (Lipinski definition) is 4. The Morgan fingerprint density at radius 2 is 1.86 bits per heavy atom. The van der Waals surface area contributed by atoms with Crippen molar-refractivity contribution >= 4 is 28.5 Å². The maximum atomic E-state index is 12.9. The molecule has 2 aromatic carbocycles. The lowest BCUT2D eigenvalue weighted by atomic mass is 10.0. The van der Waals surface area contributed by atoms with Crippen molar-refractivity contribution in [2.75, 3.05) is 31.5 Å². The van der Waals surface area contributed by atoms with E-state index in [4.69, 9.17) is 0 Å². The number of fused-ring (bicyclic) bond motifs is 1. The summed E-state index contributed by atoms with van der Waals surface area (Å²) in [6.07, 6.45) is -2.15. The monoisotopic (exact) mass is 487 g/mol. The molecular formula is C25H28F3N5O2. The average Bonchev–Trinajstić information content (AvgIpc) is 3.28. The average molecular weight is 488 g/mol. The topological polar surface area (TPSA) is 81.3 Å². The van der Waals surface area contributed by atoms with Crippen LogP contribution in [0.3, 0.4) is 0 Å². The fourth-order valence-electron chi connectivity index (χ4n) is 4.48. The second kappa shape index (κ2) is 10.5. The number of benzene rings is 2. The van der Waals surface area contributed by atoms with Gasteiger partial charge in [-0.05, 0) is 56.1 Å². The van der Waals surface area contributed by atoms with Gasteiger partial charge in [-0.2, -0.15) is 13.2 Å². The molecule has 7 nitrogen and oxygen atoms in total. The molecule has 3 aromatic rings. The third kappa shape index (κ3) is 6.00. The number of anilines is 1. The van der Waals surface area contributed by atoms with Crippen LogP contribution in [0.15, 0.2) is 48.5 Å². The van der Waals surface area contributed by atoms with E-state index in [0.29, 0.717) is 24.3 Å². The van der Waals surface area contributed by atoms with E-state index in [2.05, 4.69) is 20.2 Å². The molecule has 10 heteroatoms. The van der Waals surface area contributed by atoms with E-state index in [9.17, 15) is 22.8 Å². The number of H-pyrrole nitrogens is 1. The Morgan fingerprint density at radius 3 is 2.51 bits per heavy atom. The van der Waals surface area contributed by atoms with Crippen molar-refractivity contribution in [1.29, 1.82) is 0 Å². The first-order chi connectivity index (χ1) is 16.7. The predicted molar refractivity (Wildman–Crippen MR) is 127 cm³/mol. The SMILES string of the molecule is CCCN(CC(=O)Nc1ccc2nc(C(F)(F)F)[nH]c2c1)C1CCN(C(=O)c2ccccc2)CC1. The molecule has 2 heterocycles. The van der Waals surface area contributed by atoms with E-state index in [1.54, 1.807) is 6.07 Å². The summed E-state index contributed by atoms with van der Waals surface area (Å²) in [5.41, 5.74) is 1.46. The summed E-state index contributed by atoms with van der Waals surface area (Å²) >= 11 is 0. The van der Waals surface area contributed by atoms with E-state index < -0.39 is 12.0 Å². The molecule has 0 aliphatic carbocycles. The van der Waals surface area contributed by atoms with Crippen LogP contribution < -0.4 is 5.32 Å². The standard InChI is InChI=1S/C25H28F3N5O2/c1-2-12-33(19-10-13-32(14-11-19)23(35)17-6-4-3-5-7-17)16-22(34)29-18-8-9-20-21(15-18)31-24(30-20)25(26,27)28/h3-9,15,19H,2,10-14,16H2,1H3,(H,29,34)(H,30,31). The molecule has 1 aliphatic rings. The maximum Gasteiger partial charge on any atom is 0.449 e. The number of amides is 2. The first kappa shape index (κ1) is 24.7. The van der Waals surface area contributed by atoms with Crippen LogP contribution in [-0.4, -0.2) is 63.8 Å². The number of nitrogens with one attached hydrogen (secondary N) is 2. The van der Waals surface area contributed by atoms with E-state index in [1.807, 2.05) is 42.2 Å². The molecule has 0 atom stereocenters. The van der Waals surface area contributed by atoms with Crippen LogP contribution in [0.25, 0.3) is 11.0 Å².